The number of carboxylic acids is 1. The van der Waals surface area contributed by atoms with E-state index in [4.69, 9.17) is 14.4 Å². The van der Waals surface area contributed by atoms with Gasteiger partial charge in [0.1, 0.15) is 11.4 Å². The molecule has 2 aromatic rings. The summed E-state index contributed by atoms with van der Waals surface area (Å²) in [5, 5.41) is 12.6. The first-order chi connectivity index (χ1) is 8.95. The summed E-state index contributed by atoms with van der Waals surface area (Å²) in [6.07, 6.45) is 0. The Morgan fingerprint density at radius 3 is 2.63 bits per heavy atom. The third kappa shape index (κ3) is 2.35. The molecular weight excluding hydrogens is 314 g/mol. The lowest BCUT2D eigenvalue weighted by Gasteiger charge is -2.13. The predicted octanol–water partition coefficient (Wildman–Crippen LogP) is 3.43. The van der Waals surface area contributed by atoms with Gasteiger partial charge in [-0.2, -0.15) is 0 Å². The molecule has 0 bridgehead atoms. The number of carboxylic acid groups (broad SMARTS) is 1. The van der Waals surface area contributed by atoms with Crippen LogP contribution in [0.2, 0.25) is 0 Å². The monoisotopic (exact) mass is 325 g/mol. The molecule has 1 heterocycles. The molecule has 0 spiro atoms. The molecular formula is C13H12BrNO4. The molecule has 0 fully saturated rings. The summed E-state index contributed by atoms with van der Waals surface area (Å²) in [5.74, 6) is -0.707. The van der Waals surface area contributed by atoms with E-state index >= 15 is 0 Å². The predicted molar refractivity (Wildman–Crippen MR) is 72.6 cm³/mol. The molecule has 5 nitrogen and oxygen atoms in total. The standard InChI is InChI=1S/C13H12BrNO4/c1-6-4-8(12(18-3)7(2)11(6)14)9-5-10(13(16)17)19-15-9/h4-5H,1-3H3,(H,16,17). The molecule has 100 valence electrons. The quantitative estimate of drug-likeness (QED) is 0.935. The van der Waals surface area contributed by atoms with Crippen LogP contribution in [-0.4, -0.2) is 23.3 Å². The minimum Gasteiger partial charge on any atom is -0.496 e. The van der Waals surface area contributed by atoms with E-state index in [0.29, 0.717) is 17.0 Å². The topological polar surface area (TPSA) is 72.6 Å². The second-order valence-corrected chi connectivity index (χ2v) is 4.89. The van der Waals surface area contributed by atoms with E-state index in [-0.39, 0.29) is 5.76 Å². The van der Waals surface area contributed by atoms with Crippen molar-refractivity contribution in [3.05, 3.63) is 33.5 Å². The molecule has 0 radical (unpaired) electrons. The van der Waals surface area contributed by atoms with Crippen molar-refractivity contribution in [1.82, 2.24) is 5.16 Å². The molecule has 0 unspecified atom stereocenters. The Labute approximate surface area is 118 Å². The van der Waals surface area contributed by atoms with Crippen LogP contribution in [0.25, 0.3) is 11.3 Å². The van der Waals surface area contributed by atoms with Crippen LogP contribution < -0.4 is 4.74 Å². The number of halogens is 1. The van der Waals surface area contributed by atoms with Crippen LogP contribution in [0.5, 0.6) is 5.75 Å². The fourth-order valence-corrected chi connectivity index (χ4v) is 2.19. The highest BCUT2D eigenvalue weighted by Crippen LogP contribution is 2.38. The first kappa shape index (κ1) is 13.6. The summed E-state index contributed by atoms with van der Waals surface area (Å²) < 4.78 is 11.1. The van der Waals surface area contributed by atoms with E-state index in [1.54, 1.807) is 7.11 Å². The minimum atomic E-state index is -1.15. The van der Waals surface area contributed by atoms with Gasteiger partial charge in [0.15, 0.2) is 0 Å². The van der Waals surface area contributed by atoms with Crippen molar-refractivity contribution in [2.75, 3.05) is 7.11 Å². The van der Waals surface area contributed by atoms with Crippen molar-refractivity contribution in [2.45, 2.75) is 13.8 Å². The molecule has 1 aromatic heterocycles. The van der Waals surface area contributed by atoms with E-state index < -0.39 is 5.97 Å². The molecule has 0 saturated heterocycles. The molecule has 0 aliphatic rings. The normalized spacial score (nSPS) is 10.5. The average molecular weight is 326 g/mol. The number of nitrogens with zero attached hydrogens (tertiary/aromatic N) is 1. The van der Waals surface area contributed by atoms with E-state index in [0.717, 1.165) is 15.6 Å². The summed E-state index contributed by atoms with van der Waals surface area (Å²) in [6, 6.07) is 3.26. The van der Waals surface area contributed by atoms with Crippen LogP contribution in [0.3, 0.4) is 0 Å². The first-order valence-corrected chi connectivity index (χ1v) is 6.29. The Kier molecular flexibility index (Phi) is 3.61. The third-order valence-corrected chi connectivity index (χ3v) is 4.04. The number of ether oxygens (including phenoxy) is 1. The van der Waals surface area contributed by atoms with Gasteiger partial charge in [-0.15, -0.1) is 0 Å². The SMILES string of the molecule is COc1c(-c2cc(C(=O)O)on2)cc(C)c(Br)c1C. The molecule has 0 aliphatic carbocycles. The molecule has 0 atom stereocenters. The van der Waals surface area contributed by atoms with Gasteiger partial charge < -0.3 is 14.4 Å². The maximum absolute atomic E-state index is 10.8. The van der Waals surface area contributed by atoms with Crippen molar-refractivity contribution < 1.29 is 19.2 Å². The van der Waals surface area contributed by atoms with E-state index in [2.05, 4.69) is 21.1 Å². The van der Waals surface area contributed by atoms with E-state index in [1.807, 2.05) is 19.9 Å². The van der Waals surface area contributed by atoms with E-state index in [1.165, 1.54) is 6.07 Å². The number of aromatic carboxylic acids is 1. The summed E-state index contributed by atoms with van der Waals surface area (Å²) in [4.78, 5) is 10.8. The van der Waals surface area contributed by atoms with Crippen molar-refractivity contribution >= 4 is 21.9 Å². The summed E-state index contributed by atoms with van der Waals surface area (Å²) in [6.45, 7) is 3.86. The Hall–Kier alpha value is -1.82. The molecule has 19 heavy (non-hydrogen) atoms. The number of benzene rings is 1. The van der Waals surface area contributed by atoms with Gasteiger partial charge in [0.05, 0.1) is 7.11 Å². The number of methoxy groups -OCH3 is 1. The number of aryl methyl sites for hydroxylation is 1. The van der Waals surface area contributed by atoms with Gasteiger partial charge >= 0.3 is 5.97 Å². The first-order valence-electron chi connectivity index (χ1n) is 5.49. The molecule has 6 heteroatoms. The average Bonchev–Trinajstić information content (AvgIpc) is 2.85. The highest BCUT2D eigenvalue weighted by Gasteiger charge is 2.19. The zero-order valence-electron chi connectivity index (χ0n) is 10.7. The van der Waals surface area contributed by atoms with Gasteiger partial charge in [-0.25, -0.2) is 4.79 Å². The van der Waals surface area contributed by atoms with Crippen LogP contribution in [0.15, 0.2) is 21.1 Å². The summed E-state index contributed by atoms with van der Waals surface area (Å²) in [5.41, 5.74) is 3.08. The molecule has 0 aliphatic heterocycles. The minimum absolute atomic E-state index is 0.199. The number of hydrogen-bond donors (Lipinski definition) is 1. The highest BCUT2D eigenvalue weighted by molar-refractivity contribution is 9.10. The van der Waals surface area contributed by atoms with Gasteiger partial charge in [-0.1, -0.05) is 21.1 Å². The zero-order chi connectivity index (χ0) is 14.2. The number of hydrogen-bond acceptors (Lipinski definition) is 4. The summed E-state index contributed by atoms with van der Waals surface area (Å²) in [7, 11) is 1.56. The van der Waals surface area contributed by atoms with Crippen molar-refractivity contribution in [2.24, 2.45) is 0 Å². The van der Waals surface area contributed by atoms with Crippen LogP contribution in [0.1, 0.15) is 21.7 Å². The molecule has 1 aromatic carbocycles. The van der Waals surface area contributed by atoms with Crippen molar-refractivity contribution in [3.63, 3.8) is 0 Å². The number of carbonyl (C=O) groups is 1. The van der Waals surface area contributed by atoms with Gasteiger partial charge in [0, 0.05) is 21.7 Å². The van der Waals surface area contributed by atoms with Crippen LogP contribution in [-0.2, 0) is 0 Å². The Balaban J connectivity index is 2.63. The molecule has 0 saturated carbocycles. The molecule has 2 rings (SSSR count). The largest absolute Gasteiger partial charge is 0.496 e. The molecule has 0 amide bonds. The van der Waals surface area contributed by atoms with Gasteiger partial charge in [-0.3, -0.25) is 0 Å². The van der Waals surface area contributed by atoms with E-state index in [9.17, 15) is 4.79 Å². The lowest BCUT2D eigenvalue weighted by molar-refractivity contribution is 0.0652. The van der Waals surface area contributed by atoms with Gasteiger partial charge in [-0.05, 0) is 25.5 Å². The Bertz CT molecular complexity index is 648. The fraction of sp³-hybridized carbons (Fsp3) is 0.231. The maximum Gasteiger partial charge on any atom is 0.374 e. The Morgan fingerprint density at radius 2 is 2.11 bits per heavy atom. The van der Waals surface area contributed by atoms with Crippen LogP contribution >= 0.6 is 15.9 Å². The number of rotatable bonds is 3. The smallest absolute Gasteiger partial charge is 0.374 e. The second kappa shape index (κ2) is 5.05. The van der Waals surface area contributed by atoms with Gasteiger partial charge in [0.2, 0.25) is 5.76 Å². The lowest BCUT2D eigenvalue weighted by atomic mass is 10.0. The zero-order valence-corrected chi connectivity index (χ0v) is 12.2. The van der Waals surface area contributed by atoms with Crippen LogP contribution in [0, 0.1) is 13.8 Å². The van der Waals surface area contributed by atoms with Crippen LogP contribution in [0.4, 0.5) is 0 Å². The third-order valence-electron chi connectivity index (χ3n) is 2.82. The number of aromatic nitrogens is 1. The molecule has 1 N–H and O–H groups in total. The highest BCUT2D eigenvalue weighted by atomic mass is 79.9. The van der Waals surface area contributed by atoms with Crippen molar-refractivity contribution in [3.8, 4) is 17.0 Å². The lowest BCUT2D eigenvalue weighted by Crippen LogP contribution is -1.95. The fourth-order valence-electron chi connectivity index (χ4n) is 1.90. The maximum atomic E-state index is 10.8. The van der Waals surface area contributed by atoms with Gasteiger partial charge in [0.25, 0.3) is 0 Å². The Morgan fingerprint density at radius 1 is 1.42 bits per heavy atom. The second-order valence-electron chi connectivity index (χ2n) is 4.09. The van der Waals surface area contributed by atoms with Crippen molar-refractivity contribution in [1.29, 1.82) is 0 Å². The summed E-state index contributed by atoms with van der Waals surface area (Å²) >= 11 is 3.49.